The van der Waals surface area contributed by atoms with E-state index in [0.29, 0.717) is 23.0 Å². The quantitative estimate of drug-likeness (QED) is 0.319. The van der Waals surface area contributed by atoms with E-state index in [1.54, 1.807) is 49.1 Å². The zero-order chi connectivity index (χ0) is 27.7. The number of rotatable bonds is 12. The third-order valence-electron chi connectivity index (χ3n) is 6.03. The first-order valence-corrected chi connectivity index (χ1v) is 14.5. The molecular weight excluding hydrogens is 545 g/mol. The van der Waals surface area contributed by atoms with Crippen LogP contribution in [0.5, 0.6) is 0 Å². The van der Waals surface area contributed by atoms with Gasteiger partial charge in [-0.05, 0) is 54.3 Å². The highest BCUT2D eigenvalue weighted by atomic mass is 35.5. The molecule has 202 valence electrons. The van der Waals surface area contributed by atoms with Crippen LogP contribution in [0.4, 0.5) is 0 Å². The van der Waals surface area contributed by atoms with Gasteiger partial charge in [0.05, 0.1) is 4.90 Å². The molecule has 0 bridgehead atoms. The van der Waals surface area contributed by atoms with Crippen molar-refractivity contribution in [2.75, 3.05) is 6.54 Å². The number of sulfonamides is 1. The molecule has 0 unspecified atom stereocenters. The molecule has 0 aliphatic heterocycles. The van der Waals surface area contributed by atoms with E-state index in [0.717, 1.165) is 16.7 Å². The highest BCUT2D eigenvalue weighted by molar-refractivity contribution is 7.89. The Kier molecular flexibility index (Phi) is 10.7. The van der Waals surface area contributed by atoms with E-state index in [1.165, 1.54) is 12.1 Å². The molecule has 0 spiro atoms. The Morgan fingerprint density at radius 3 is 2.26 bits per heavy atom. The lowest BCUT2D eigenvalue weighted by Crippen LogP contribution is -2.47. The summed E-state index contributed by atoms with van der Waals surface area (Å²) in [5, 5.41) is 3.82. The maximum absolute atomic E-state index is 13.3. The summed E-state index contributed by atoms with van der Waals surface area (Å²) in [5.41, 5.74) is 2.44. The van der Waals surface area contributed by atoms with Crippen LogP contribution in [0.2, 0.25) is 10.0 Å². The first-order valence-electron chi connectivity index (χ1n) is 12.2. The molecule has 0 heterocycles. The summed E-state index contributed by atoms with van der Waals surface area (Å²) in [6.45, 7) is 4.19. The molecule has 3 aromatic carbocycles. The lowest BCUT2D eigenvalue weighted by Gasteiger charge is -2.29. The molecule has 0 aliphatic rings. The van der Waals surface area contributed by atoms with Crippen LogP contribution in [0, 0.1) is 0 Å². The van der Waals surface area contributed by atoms with Crippen LogP contribution < -0.4 is 10.0 Å². The summed E-state index contributed by atoms with van der Waals surface area (Å²) in [6, 6.07) is 20.2. The van der Waals surface area contributed by atoms with Crippen molar-refractivity contribution in [2.45, 2.75) is 50.7 Å². The van der Waals surface area contributed by atoms with Gasteiger partial charge in [-0.3, -0.25) is 9.59 Å². The van der Waals surface area contributed by atoms with E-state index in [1.807, 2.05) is 30.3 Å². The summed E-state index contributed by atoms with van der Waals surface area (Å²) in [7, 11) is -3.54. The SMILES string of the molecule is CCNS(=O)(=O)c1ccc(CCC(=O)N(Cc2ccccc2)[C@@H](C)C(=O)NCc2ccc(Cl)cc2Cl)cc1. The van der Waals surface area contributed by atoms with E-state index in [9.17, 15) is 18.0 Å². The van der Waals surface area contributed by atoms with E-state index >= 15 is 0 Å². The van der Waals surface area contributed by atoms with Crippen LogP contribution >= 0.6 is 23.2 Å². The lowest BCUT2D eigenvalue weighted by atomic mass is 10.1. The van der Waals surface area contributed by atoms with Crippen molar-refractivity contribution in [1.82, 2.24) is 14.9 Å². The van der Waals surface area contributed by atoms with Crippen molar-refractivity contribution in [3.8, 4) is 0 Å². The Balaban J connectivity index is 1.69. The Morgan fingerprint density at radius 2 is 1.63 bits per heavy atom. The Morgan fingerprint density at radius 1 is 0.947 bits per heavy atom. The number of hydrogen-bond acceptors (Lipinski definition) is 4. The average Bonchev–Trinajstić information content (AvgIpc) is 2.90. The van der Waals surface area contributed by atoms with Crippen molar-refractivity contribution in [2.24, 2.45) is 0 Å². The van der Waals surface area contributed by atoms with Gasteiger partial charge < -0.3 is 10.2 Å². The summed E-state index contributed by atoms with van der Waals surface area (Å²) in [6.07, 6.45) is 0.563. The molecule has 7 nitrogen and oxygen atoms in total. The van der Waals surface area contributed by atoms with Gasteiger partial charge in [-0.25, -0.2) is 13.1 Å². The maximum Gasteiger partial charge on any atom is 0.242 e. The second kappa shape index (κ2) is 13.8. The van der Waals surface area contributed by atoms with Gasteiger partial charge in [0.15, 0.2) is 0 Å². The van der Waals surface area contributed by atoms with E-state index in [2.05, 4.69) is 10.0 Å². The second-order valence-electron chi connectivity index (χ2n) is 8.78. The zero-order valence-electron chi connectivity index (χ0n) is 21.3. The number of aryl methyl sites for hydroxylation is 1. The normalized spacial score (nSPS) is 12.1. The molecule has 2 amide bonds. The van der Waals surface area contributed by atoms with Crippen LogP contribution in [-0.4, -0.2) is 37.7 Å². The fourth-order valence-electron chi connectivity index (χ4n) is 3.86. The maximum atomic E-state index is 13.3. The van der Waals surface area contributed by atoms with Crippen molar-refractivity contribution in [3.05, 3.63) is 99.5 Å². The fraction of sp³-hybridized carbons (Fsp3) is 0.286. The van der Waals surface area contributed by atoms with Crippen molar-refractivity contribution in [1.29, 1.82) is 0 Å². The van der Waals surface area contributed by atoms with Gasteiger partial charge in [0.2, 0.25) is 21.8 Å². The highest BCUT2D eigenvalue weighted by Crippen LogP contribution is 2.21. The number of benzene rings is 3. The molecule has 0 saturated heterocycles. The van der Waals surface area contributed by atoms with E-state index in [4.69, 9.17) is 23.2 Å². The minimum Gasteiger partial charge on any atom is -0.350 e. The van der Waals surface area contributed by atoms with Crippen molar-refractivity contribution < 1.29 is 18.0 Å². The molecule has 38 heavy (non-hydrogen) atoms. The Hall–Kier alpha value is -2.91. The molecule has 3 rings (SSSR count). The topological polar surface area (TPSA) is 95.6 Å². The minimum atomic E-state index is -3.54. The predicted molar refractivity (Wildman–Crippen MR) is 150 cm³/mol. The molecule has 2 N–H and O–H groups in total. The van der Waals surface area contributed by atoms with Gasteiger partial charge >= 0.3 is 0 Å². The first kappa shape index (κ1) is 29.6. The largest absolute Gasteiger partial charge is 0.350 e. The number of halogens is 2. The number of carbonyl (C=O) groups is 2. The minimum absolute atomic E-state index is 0.159. The Bertz CT molecular complexity index is 1350. The lowest BCUT2D eigenvalue weighted by molar-refractivity contribution is -0.140. The van der Waals surface area contributed by atoms with Crippen LogP contribution in [0.15, 0.2) is 77.7 Å². The molecule has 10 heteroatoms. The highest BCUT2D eigenvalue weighted by Gasteiger charge is 2.26. The van der Waals surface area contributed by atoms with E-state index in [-0.39, 0.29) is 36.2 Å². The third-order valence-corrected chi connectivity index (χ3v) is 8.18. The second-order valence-corrected chi connectivity index (χ2v) is 11.4. The summed E-state index contributed by atoms with van der Waals surface area (Å²) in [5.74, 6) is -0.497. The first-order chi connectivity index (χ1) is 18.1. The molecule has 0 aromatic heterocycles. The van der Waals surface area contributed by atoms with Gasteiger partial charge in [-0.15, -0.1) is 0 Å². The predicted octanol–water partition coefficient (Wildman–Crippen LogP) is 4.96. The molecule has 0 aliphatic carbocycles. The number of carbonyl (C=O) groups excluding carboxylic acids is 2. The van der Waals surface area contributed by atoms with Crippen LogP contribution in [-0.2, 0) is 39.1 Å². The van der Waals surface area contributed by atoms with Crippen LogP contribution in [0.3, 0.4) is 0 Å². The molecule has 0 saturated carbocycles. The van der Waals surface area contributed by atoms with Crippen LogP contribution in [0.1, 0.15) is 37.0 Å². The van der Waals surface area contributed by atoms with Crippen molar-refractivity contribution in [3.63, 3.8) is 0 Å². The Labute approximate surface area is 234 Å². The summed E-state index contributed by atoms with van der Waals surface area (Å²) >= 11 is 12.2. The number of nitrogens with zero attached hydrogens (tertiary/aromatic N) is 1. The molecule has 3 aromatic rings. The molecule has 0 fully saturated rings. The average molecular weight is 577 g/mol. The summed E-state index contributed by atoms with van der Waals surface area (Å²) in [4.78, 5) is 28.1. The monoisotopic (exact) mass is 575 g/mol. The number of hydrogen-bond donors (Lipinski definition) is 2. The molecular formula is C28H31Cl2N3O4S. The van der Waals surface area contributed by atoms with Gasteiger partial charge in [-0.1, -0.05) is 78.7 Å². The number of amides is 2. The van der Waals surface area contributed by atoms with Gasteiger partial charge in [0.1, 0.15) is 6.04 Å². The zero-order valence-corrected chi connectivity index (χ0v) is 23.6. The fourth-order valence-corrected chi connectivity index (χ4v) is 5.38. The smallest absolute Gasteiger partial charge is 0.242 e. The van der Waals surface area contributed by atoms with Crippen molar-refractivity contribution >= 4 is 45.0 Å². The van der Waals surface area contributed by atoms with Crippen LogP contribution in [0.25, 0.3) is 0 Å². The third kappa shape index (κ3) is 8.30. The standard InChI is InChI=1S/C28H31Cl2N3O4S/c1-3-32-38(36,37)25-14-9-21(10-15-25)11-16-27(34)33(19-22-7-5-4-6-8-22)20(2)28(35)31-18-23-12-13-24(29)17-26(23)30/h4-10,12-15,17,20,32H,3,11,16,18-19H2,1-2H3,(H,31,35)/t20-/m0/s1. The molecule has 1 atom stereocenters. The number of nitrogens with one attached hydrogen (secondary N) is 2. The van der Waals surface area contributed by atoms with E-state index < -0.39 is 16.1 Å². The molecule has 0 radical (unpaired) electrons. The van der Waals surface area contributed by atoms with Gasteiger partial charge in [0, 0.05) is 36.1 Å². The van der Waals surface area contributed by atoms with Gasteiger partial charge in [0.25, 0.3) is 0 Å². The van der Waals surface area contributed by atoms with Gasteiger partial charge in [-0.2, -0.15) is 0 Å². The summed E-state index contributed by atoms with van der Waals surface area (Å²) < 4.78 is 26.8.